The standard InChI is InChI=1S/C22H24ClN3O2/c1-13(2)21(27)25(5)15(4)20-24-18-9-7-6-8-17(18)22(28)26(20)19-11-10-16(23)12-14(19)3/h6-13,15H,1-5H3. The zero-order chi connectivity index (χ0) is 20.6. The number of amides is 1. The Labute approximate surface area is 169 Å². The Morgan fingerprint density at radius 3 is 2.46 bits per heavy atom. The van der Waals surface area contributed by atoms with Crippen molar-refractivity contribution in [3.05, 3.63) is 69.2 Å². The molecule has 0 N–H and O–H groups in total. The average Bonchev–Trinajstić information content (AvgIpc) is 2.67. The Bertz CT molecular complexity index is 1100. The van der Waals surface area contributed by atoms with E-state index in [9.17, 15) is 9.59 Å². The molecule has 0 spiro atoms. The Balaban J connectivity index is 2.32. The van der Waals surface area contributed by atoms with Crippen LogP contribution in [0.15, 0.2) is 47.3 Å². The zero-order valence-corrected chi connectivity index (χ0v) is 17.5. The van der Waals surface area contributed by atoms with Gasteiger partial charge in [-0.1, -0.05) is 37.6 Å². The van der Waals surface area contributed by atoms with E-state index in [1.54, 1.807) is 28.6 Å². The van der Waals surface area contributed by atoms with E-state index < -0.39 is 0 Å². The van der Waals surface area contributed by atoms with Crippen molar-refractivity contribution in [2.45, 2.75) is 33.7 Å². The SMILES string of the molecule is Cc1cc(Cl)ccc1-n1c(C(C)N(C)C(=O)C(C)C)nc2ccccc2c1=O. The number of hydrogen-bond donors (Lipinski definition) is 0. The molecule has 0 radical (unpaired) electrons. The number of nitrogens with zero attached hydrogens (tertiary/aromatic N) is 3. The van der Waals surface area contributed by atoms with Crippen molar-refractivity contribution in [2.24, 2.45) is 5.92 Å². The molecule has 1 aromatic heterocycles. The highest BCUT2D eigenvalue weighted by Gasteiger charge is 2.25. The van der Waals surface area contributed by atoms with Gasteiger partial charge < -0.3 is 4.90 Å². The van der Waals surface area contributed by atoms with E-state index >= 15 is 0 Å². The van der Waals surface area contributed by atoms with Gasteiger partial charge in [0.15, 0.2) is 0 Å². The molecule has 0 aliphatic carbocycles. The Kier molecular flexibility index (Phi) is 5.57. The van der Waals surface area contributed by atoms with Gasteiger partial charge in [0.1, 0.15) is 5.82 Å². The maximum atomic E-state index is 13.4. The second-order valence-electron chi connectivity index (χ2n) is 7.34. The Hall–Kier alpha value is -2.66. The smallest absolute Gasteiger partial charge is 0.266 e. The van der Waals surface area contributed by atoms with E-state index in [2.05, 4.69) is 0 Å². The molecular formula is C22H24ClN3O2. The van der Waals surface area contributed by atoms with Gasteiger partial charge in [-0.2, -0.15) is 0 Å². The third-order valence-corrected chi connectivity index (χ3v) is 5.23. The van der Waals surface area contributed by atoms with Crippen molar-refractivity contribution in [3.8, 4) is 5.69 Å². The van der Waals surface area contributed by atoms with Crippen molar-refractivity contribution in [3.63, 3.8) is 0 Å². The molecule has 3 rings (SSSR count). The summed E-state index contributed by atoms with van der Waals surface area (Å²) >= 11 is 6.11. The summed E-state index contributed by atoms with van der Waals surface area (Å²) in [6.07, 6.45) is 0. The van der Waals surface area contributed by atoms with Crippen molar-refractivity contribution < 1.29 is 4.79 Å². The van der Waals surface area contributed by atoms with Gasteiger partial charge in [-0.05, 0) is 49.7 Å². The molecule has 0 saturated heterocycles. The molecule has 6 heteroatoms. The molecule has 0 aliphatic rings. The maximum Gasteiger partial charge on any atom is 0.266 e. The lowest BCUT2D eigenvalue weighted by Crippen LogP contribution is -2.36. The second kappa shape index (κ2) is 7.76. The van der Waals surface area contributed by atoms with E-state index in [0.29, 0.717) is 27.4 Å². The highest BCUT2D eigenvalue weighted by molar-refractivity contribution is 6.30. The van der Waals surface area contributed by atoms with E-state index in [0.717, 1.165) is 5.56 Å². The first-order valence-corrected chi connectivity index (χ1v) is 9.65. The first-order chi connectivity index (χ1) is 13.2. The lowest BCUT2D eigenvalue weighted by molar-refractivity contribution is -0.135. The third-order valence-electron chi connectivity index (χ3n) is 5.00. The molecule has 0 bridgehead atoms. The van der Waals surface area contributed by atoms with Crippen molar-refractivity contribution in [1.82, 2.24) is 14.5 Å². The van der Waals surface area contributed by atoms with E-state index in [1.165, 1.54) is 0 Å². The molecule has 0 fully saturated rings. The summed E-state index contributed by atoms with van der Waals surface area (Å²) in [6, 6.07) is 12.3. The Morgan fingerprint density at radius 2 is 1.82 bits per heavy atom. The zero-order valence-electron chi connectivity index (χ0n) is 16.7. The number of rotatable bonds is 4. The number of halogens is 1. The molecule has 1 amide bonds. The fraction of sp³-hybridized carbons (Fsp3) is 0.318. The van der Waals surface area contributed by atoms with Crippen LogP contribution < -0.4 is 5.56 Å². The van der Waals surface area contributed by atoms with Gasteiger partial charge >= 0.3 is 0 Å². The van der Waals surface area contributed by atoms with Gasteiger partial charge in [0.2, 0.25) is 5.91 Å². The predicted octanol–water partition coefficient (Wildman–Crippen LogP) is 4.52. The third kappa shape index (κ3) is 3.54. The van der Waals surface area contributed by atoms with Crippen LogP contribution in [0.5, 0.6) is 0 Å². The molecule has 1 unspecified atom stereocenters. The minimum Gasteiger partial charge on any atom is -0.336 e. The number of aryl methyl sites for hydroxylation is 1. The van der Waals surface area contributed by atoms with Crippen molar-refractivity contribution in [2.75, 3.05) is 7.05 Å². The fourth-order valence-corrected chi connectivity index (χ4v) is 3.53. The number of benzene rings is 2. The van der Waals surface area contributed by atoms with Crippen LogP contribution in [-0.4, -0.2) is 27.4 Å². The topological polar surface area (TPSA) is 55.2 Å². The molecule has 0 saturated carbocycles. The number of aromatic nitrogens is 2. The van der Waals surface area contributed by atoms with Gasteiger partial charge in [-0.3, -0.25) is 14.2 Å². The number of carbonyl (C=O) groups excluding carboxylic acids is 1. The number of fused-ring (bicyclic) bond motifs is 1. The van der Waals surface area contributed by atoms with E-state index in [-0.39, 0.29) is 23.4 Å². The number of para-hydroxylation sites is 1. The molecule has 3 aromatic rings. The summed E-state index contributed by atoms with van der Waals surface area (Å²) in [4.78, 5) is 32.4. The largest absolute Gasteiger partial charge is 0.336 e. The molecule has 0 aliphatic heterocycles. The van der Waals surface area contributed by atoms with Gasteiger partial charge in [0, 0.05) is 18.0 Å². The summed E-state index contributed by atoms with van der Waals surface area (Å²) < 4.78 is 1.60. The summed E-state index contributed by atoms with van der Waals surface area (Å²) in [5, 5.41) is 1.13. The highest BCUT2D eigenvalue weighted by Crippen LogP contribution is 2.25. The molecule has 146 valence electrons. The average molecular weight is 398 g/mol. The minimum absolute atomic E-state index is 0.00529. The molecule has 1 heterocycles. The van der Waals surface area contributed by atoms with Gasteiger partial charge in [-0.15, -0.1) is 0 Å². The maximum absolute atomic E-state index is 13.4. The monoisotopic (exact) mass is 397 g/mol. The fourth-order valence-electron chi connectivity index (χ4n) is 3.30. The lowest BCUT2D eigenvalue weighted by Gasteiger charge is -2.28. The van der Waals surface area contributed by atoms with Crippen molar-refractivity contribution >= 4 is 28.4 Å². The summed E-state index contributed by atoms with van der Waals surface area (Å²) in [6.45, 7) is 7.50. The van der Waals surface area contributed by atoms with Crippen LogP contribution in [0, 0.1) is 12.8 Å². The number of hydrogen-bond acceptors (Lipinski definition) is 3. The molecule has 5 nitrogen and oxygen atoms in total. The second-order valence-corrected chi connectivity index (χ2v) is 7.77. The van der Waals surface area contributed by atoms with Crippen LogP contribution in [0.4, 0.5) is 0 Å². The van der Waals surface area contributed by atoms with Gasteiger partial charge in [-0.25, -0.2) is 4.98 Å². The van der Waals surface area contributed by atoms with Crippen LogP contribution >= 0.6 is 11.6 Å². The van der Waals surface area contributed by atoms with Crippen LogP contribution in [0.3, 0.4) is 0 Å². The lowest BCUT2D eigenvalue weighted by atomic mass is 10.1. The minimum atomic E-state index is -0.387. The summed E-state index contributed by atoms with van der Waals surface area (Å²) in [5.41, 5.74) is 2.02. The van der Waals surface area contributed by atoms with Crippen LogP contribution in [0.1, 0.15) is 38.2 Å². The van der Waals surface area contributed by atoms with Crippen LogP contribution in [0.25, 0.3) is 16.6 Å². The van der Waals surface area contributed by atoms with Crippen LogP contribution in [0.2, 0.25) is 5.02 Å². The summed E-state index contributed by atoms with van der Waals surface area (Å²) in [5.74, 6) is 0.366. The van der Waals surface area contributed by atoms with E-state index in [1.807, 2.05) is 58.0 Å². The van der Waals surface area contributed by atoms with E-state index in [4.69, 9.17) is 16.6 Å². The number of carbonyl (C=O) groups is 1. The predicted molar refractivity (Wildman–Crippen MR) is 113 cm³/mol. The van der Waals surface area contributed by atoms with Crippen molar-refractivity contribution in [1.29, 1.82) is 0 Å². The Morgan fingerprint density at radius 1 is 1.14 bits per heavy atom. The summed E-state index contributed by atoms with van der Waals surface area (Å²) in [7, 11) is 1.74. The first kappa shape index (κ1) is 20.1. The van der Waals surface area contributed by atoms with Gasteiger partial charge in [0.25, 0.3) is 5.56 Å². The normalized spacial score (nSPS) is 12.4. The molecular weight excluding hydrogens is 374 g/mol. The van der Waals surface area contributed by atoms with Gasteiger partial charge in [0.05, 0.1) is 22.6 Å². The highest BCUT2D eigenvalue weighted by atomic mass is 35.5. The molecule has 2 aromatic carbocycles. The first-order valence-electron chi connectivity index (χ1n) is 9.27. The quantitative estimate of drug-likeness (QED) is 0.650. The molecule has 28 heavy (non-hydrogen) atoms. The van der Waals surface area contributed by atoms with Crippen LogP contribution in [-0.2, 0) is 4.79 Å². The molecule has 1 atom stereocenters.